The molecule has 5 nitrogen and oxygen atoms in total. The molecule has 3 rings (SSSR count). The first-order valence-electron chi connectivity index (χ1n) is 8.62. The molecule has 1 atom stereocenters. The lowest BCUT2D eigenvalue weighted by atomic mass is 10.00. The molecule has 5 heteroatoms. The predicted molar refractivity (Wildman–Crippen MR) is 93.7 cm³/mol. The molecule has 0 radical (unpaired) electrons. The first-order chi connectivity index (χ1) is 11.6. The Balaban J connectivity index is 1.51. The van der Waals surface area contributed by atoms with E-state index in [4.69, 9.17) is 4.52 Å². The molecular formula is C19H25N3O2. The van der Waals surface area contributed by atoms with Gasteiger partial charge in [0.2, 0.25) is 5.91 Å². The van der Waals surface area contributed by atoms with Gasteiger partial charge < -0.3 is 9.84 Å². The van der Waals surface area contributed by atoms with Crippen molar-refractivity contribution in [3.05, 3.63) is 47.3 Å². The van der Waals surface area contributed by atoms with Gasteiger partial charge in [0.05, 0.1) is 12.1 Å². The SMILES string of the molecule is Cc1cc(CC(=O)Nc2ccc(CN3CCC[C@@H](C)C3)cc2)no1. The number of aromatic nitrogens is 1. The number of nitrogens with zero attached hydrogens (tertiary/aromatic N) is 2. The molecule has 1 amide bonds. The number of hydrogen-bond acceptors (Lipinski definition) is 4. The molecule has 0 bridgehead atoms. The average molecular weight is 327 g/mol. The van der Waals surface area contributed by atoms with Gasteiger partial charge in [-0.05, 0) is 49.9 Å². The molecule has 0 saturated carbocycles. The molecule has 0 spiro atoms. The minimum Gasteiger partial charge on any atom is -0.361 e. The van der Waals surface area contributed by atoms with E-state index in [0.29, 0.717) is 11.5 Å². The number of hydrogen-bond donors (Lipinski definition) is 1. The Morgan fingerprint density at radius 3 is 2.83 bits per heavy atom. The number of carbonyl (C=O) groups excluding carboxylic acids is 1. The molecule has 2 aromatic rings. The molecule has 1 aromatic heterocycles. The summed E-state index contributed by atoms with van der Waals surface area (Å²) in [7, 11) is 0. The van der Waals surface area contributed by atoms with Crippen LogP contribution in [0.25, 0.3) is 0 Å². The van der Waals surface area contributed by atoms with E-state index in [1.165, 1.54) is 31.5 Å². The zero-order valence-electron chi connectivity index (χ0n) is 14.4. The summed E-state index contributed by atoms with van der Waals surface area (Å²) in [5, 5.41) is 6.74. The molecule has 1 saturated heterocycles. The maximum Gasteiger partial charge on any atom is 0.230 e. The van der Waals surface area contributed by atoms with Gasteiger partial charge in [0, 0.05) is 24.8 Å². The molecule has 1 aliphatic rings. The van der Waals surface area contributed by atoms with E-state index in [0.717, 1.165) is 18.2 Å². The van der Waals surface area contributed by atoms with Crippen molar-refractivity contribution in [3.8, 4) is 0 Å². The highest BCUT2D eigenvalue weighted by Gasteiger charge is 2.16. The number of rotatable bonds is 5. The normalized spacial score (nSPS) is 18.5. The van der Waals surface area contributed by atoms with Crippen LogP contribution in [0.15, 0.2) is 34.9 Å². The van der Waals surface area contributed by atoms with Crippen LogP contribution >= 0.6 is 0 Å². The minimum atomic E-state index is -0.0825. The Labute approximate surface area is 143 Å². The molecule has 1 aliphatic heterocycles. The lowest BCUT2D eigenvalue weighted by Crippen LogP contribution is -2.33. The van der Waals surface area contributed by atoms with Gasteiger partial charge in [-0.2, -0.15) is 0 Å². The van der Waals surface area contributed by atoms with Crippen LogP contribution in [0.3, 0.4) is 0 Å². The monoisotopic (exact) mass is 327 g/mol. The smallest absolute Gasteiger partial charge is 0.230 e. The van der Waals surface area contributed by atoms with Crippen molar-refractivity contribution in [2.45, 2.75) is 39.7 Å². The highest BCUT2D eigenvalue weighted by molar-refractivity contribution is 5.91. The van der Waals surface area contributed by atoms with Crippen molar-refractivity contribution in [1.29, 1.82) is 0 Å². The van der Waals surface area contributed by atoms with Crippen molar-refractivity contribution in [2.24, 2.45) is 5.92 Å². The molecule has 2 heterocycles. The van der Waals surface area contributed by atoms with Gasteiger partial charge in [-0.25, -0.2) is 0 Å². The summed E-state index contributed by atoms with van der Waals surface area (Å²) in [5.74, 6) is 1.42. The van der Waals surface area contributed by atoms with Gasteiger partial charge >= 0.3 is 0 Å². The lowest BCUT2D eigenvalue weighted by molar-refractivity contribution is -0.115. The lowest BCUT2D eigenvalue weighted by Gasteiger charge is -2.30. The van der Waals surface area contributed by atoms with Crippen LogP contribution < -0.4 is 5.32 Å². The van der Waals surface area contributed by atoms with E-state index >= 15 is 0 Å². The van der Waals surface area contributed by atoms with Gasteiger partial charge in [-0.1, -0.05) is 24.2 Å². The van der Waals surface area contributed by atoms with Crippen molar-refractivity contribution in [1.82, 2.24) is 10.1 Å². The van der Waals surface area contributed by atoms with Crippen LogP contribution in [0, 0.1) is 12.8 Å². The van der Waals surface area contributed by atoms with Crippen LogP contribution in [0.4, 0.5) is 5.69 Å². The van der Waals surface area contributed by atoms with Crippen molar-refractivity contribution in [3.63, 3.8) is 0 Å². The van der Waals surface area contributed by atoms with Gasteiger partial charge in [0.15, 0.2) is 0 Å². The van der Waals surface area contributed by atoms with E-state index in [-0.39, 0.29) is 12.3 Å². The van der Waals surface area contributed by atoms with E-state index in [9.17, 15) is 4.79 Å². The molecule has 1 aromatic carbocycles. The van der Waals surface area contributed by atoms with Crippen molar-refractivity contribution < 1.29 is 9.32 Å². The fourth-order valence-electron chi connectivity index (χ4n) is 3.25. The van der Waals surface area contributed by atoms with Crippen LogP contribution in [-0.2, 0) is 17.8 Å². The van der Waals surface area contributed by atoms with Gasteiger partial charge in [0.25, 0.3) is 0 Å². The summed E-state index contributed by atoms with van der Waals surface area (Å²) in [6.07, 6.45) is 2.86. The molecule has 1 N–H and O–H groups in total. The summed E-state index contributed by atoms with van der Waals surface area (Å²) in [6, 6.07) is 9.90. The highest BCUT2D eigenvalue weighted by atomic mass is 16.5. The molecular weight excluding hydrogens is 302 g/mol. The molecule has 0 aliphatic carbocycles. The Morgan fingerprint density at radius 1 is 1.38 bits per heavy atom. The van der Waals surface area contributed by atoms with E-state index in [1.807, 2.05) is 19.1 Å². The summed E-state index contributed by atoms with van der Waals surface area (Å²) in [5.41, 5.74) is 2.76. The second-order valence-corrected chi connectivity index (χ2v) is 6.83. The quantitative estimate of drug-likeness (QED) is 0.914. The summed E-state index contributed by atoms with van der Waals surface area (Å²) in [4.78, 5) is 14.5. The minimum absolute atomic E-state index is 0.0825. The van der Waals surface area contributed by atoms with Gasteiger partial charge in [-0.3, -0.25) is 9.69 Å². The number of nitrogens with one attached hydrogen (secondary N) is 1. The zero-order valence-corrected chi connectivity index (χ0v) is 14.4. The summed E-state index contributed by atoms with van der Waals surface area (Å²) >= 11 is 0. The number of carbonyl (C=O) groups is 1. The number of likely N-dealkylation sites (tertiary alicyclic amines) is 1. The van der Waals surface area contributed by atoms with Crippen molar-refractivity contribution >= 4 is 11.6 Å². The summed E-state index contributed by atoms with van der Waals surface area (Å²) < 4.78 is 4.98. The third-order valence-electron chi connectivity index (χ3n) is 4.40. The average Bonchev–Trinajstić information content (AvgIpc) is 2.94. The first-order valence-corrected chi connectivity index (χ1v) is 8.62. The van der Waals surface area contributed by atoms with Crippen LogP contribution in [0.2, 0.25) is 0 Å². The number of amides is 1. The second kappa shape index (κ2) is 7.62. The second-order valence-electron chi connectivity index (χ2n) is 6.83. The molecule has 24 heavy (non-hydrogen) atoms. The Morgan fingerprint density at radius 2 is 2.17 bits per heavy atom. The Kier molecular flexibility index (Phi) is 5.30. The van der Waals surface area contributed by atoms with Gasteiger partial charge in [-0.15, -0.1) is 0 Å². The predicted octanol–water partition coefficient (Wildman–Crippen LogP) is 3.40. The zero-order chi connectivity index (χ0) is 16.9. The molecule has 0 unspecified atom stereocenters. The standard InChI is InChI=1S/C19H25N3O2/c1-14-4-3-9-22(12-14)13-16-5-7-17(8-6-16)20-19(23)11-18-10-15(2)24-21-18/h5-8,10,14H,3-4,9,11-13H2,1-2H3,(H,20,23)/t14-/m1/s1. The fraction of sp³-hybridized carbons (Fsp3) is 0.474. The summed E-state index contributed by atoms with van der Waals surface area (Å²) in [6.45, 7) is 7.48. The number of aryl methyl sites for hydroxylation is 1. The fourth-order valence-corrected chi connectivity index (χ4v) is 3.25. The Bertz CT molecular complexity index is 678. The maximum absolute atomic E-state index is 12.0. The Hall–Kier alpha value is -2.14. The van der Waals surface area contributed by atoms with E-state index in [2.05, 4.69) is 34.4 Å². The topological polar surface area (TPSA) is 58.4 Å². The molecule has 128 valence electrons. The number of benzene rings is 1. The molecule has 1 fully saturated rings. The van der Waals surface area contributed by atoms with E-state index in [1.54, 1.807) is 6.07 Å². The number of anilines is 1. The number of piperidine rings is 1. The van der Waals surface area contributed by atoms with Crippen LogP contribution in [0.5, 0.6) is 0 Å². The first kappa shape index (κ1) is 16.7. The van der Waals surface area contributed by atoms with Crippen LogP contribution in [-0.4, -0.2) is 29.1 Å². The third kappa shape index (κ3) is 4.68. The largest absolute Gasteiger partial charge is 0.361 e. The maximum atomic E-state index is 12.0. The van der Waals surface area contributed by atoms with Crippen molar-refractivity contribution in [2.75, 3.05) is 18.4 Å². The van der Waals surface area contributed by atoms with Gasteiger partial charge in [0.1, 0.15) is 5.76 Å². The highest BCUT2D eigenvalue weighted by Crippen LogP contribution is 2.19. The third-order valence-corrected chi connectivity index (χ3v) is 4.40. The van der Waals surface area contributed by atoms with E-state index < -0.39 is 0 Å². The van der Waals surface area contributed by atoms with Crippen LogP contribution in [0.1, 0.15) is 36.8 Å².